The molecule has 0 N–H and O–H groups in total. The maximum Gasteiger partial charge on any atom is 0.410 e. The van der Waals surface area contributed by atoms with Crippen molar-refractivity contribution in [2.24, 2.45) is 11.3 Å². The lowest BCUT2D eigenvalue weighted by molar-refractivity contribution is -0.0517. The molecule has 1 heterocycles. The van der Waals surface area contributed by atoms with E-state index in [0.29, 0.717) is 0 Å². The fraction of sp³-hybridized carbons (Fsp3) is 0.857. The Labute approximate surface area is 109 Å². The van der Waals surface area contributed by atoms with Gasteiger partial charge in [-0.25, -0.2) is 4.79 Å². The van der Waals surface area contributed by atoms with Crippen molar-refractivity contribution in [3.05, 3.63) is 0 Å². The average Bonchev–Trinajstić information content (AvgIpc) is 2.23. The van der Waals surface area contributed by atoms with E-state index in [1.54, 1.807) is 4.90 Å². The van der Waals surface area contributed by atoms with Crippen LogP contribution in [0.25, 0.3) is 0 Å². The van der Waals surface area contributed by atoms with E-state index < -0.39 is 5.60 Å². The third-order valence-corrected chi connectivity index (χ3v) is 3.93. The van der Waals surface area contributed by atoms with Crippen molar-refractivity contribution in [3.8, 4) is 6.07 Å². The summed E-state index contributed by atoms with van der Waals surface area (Å²) in [6, 6.07) is 2.35. The van der Waals surface area contributed by atoms with E-state index in [4.69, 9.17) is 10.00 Å². The van der Waals surface area contributed by atoms with E-state index in [1.807, 2.05) is 20.8 Å². The van der Waals surface area contributed by atoms with Crippen LogP contribution in [0.2, 0.25) is 0 Å². The third-order valence-electron chi connectivity index (χ3n) is 3.93. The first-order chi connectivity index (χ1) is 8.34. The standard InChI is InChI=1S/C14H22N2O2/c1-13(2,3)18-12(17)16-9-14(10-16)6-4-11(8-15)5-7-14/h11H,4-7,9-10H2,1-3H3. The van der Waals surface area contributed by atoms with Crippen LogP contribution in [-0.4, -0.2) is 29.7 Å². The number of rotatable bonds is 0. The van der Waals surface area contributed by atoms with Gasteiger partial charge in [0.25, 0.3) is 0 Å². The van der Waals surface area contributed by atoms with Crippen LogP contribution < -0.4 is 0 Å². The van der Waals surface area contributed by atoms with Crippen LogP contribution in [0.3, 0.4) is 0 Å². The molecule has 1 saturated carbocycles. The monoisotopic (exact) mass is 250 g/mol. The van der Waals surface area contributed by atoms with Gasteiger partial charge in [0.15, 0.2) is 0 Å². The van der Waals surface area contributed by atoms with Gasteiger partial charge < -0.3 is 9.64 Å². The lowest BCUT2D eigenvalue weighted by Crippen LogP contribution is -2.60. The molecule has 100 valence electrons. The quantitative estimate of drug-likeness (QED) is 0.664. The molecule has 1 aliphatic carbocycles. The largest absolute Gasteiger partial charge is 0.444 e. The van der Waals surface area contributed by atoms with Gasteiger partial charge >= 0.3 is 6.09 Å². The van der Waals surface area contributed by atoms with Gasteiger partial charge in [0, 0.05) is 24.4 Å². The molecule has 0 aromatic carbocycles. The number of hydrogen-bond donors (Lipinski definition) is 0. The predicted octanol–water partition coefficient (Wildman–Crippen LogP) is 2.94. The molecule has 0 aromatic heterocycles. The first kappa shape index (κ1) is 13.2. The molecule has 1 spiro atoms. The van der Waals surface area contributed by atoms with Gasteiger partial charge in [0.2, 0.25) is 0 Å². The molecule has 0 radical (unpaired) electrons. The zero-order chi connectivity index (χ0) is 13.4. The first-order valence-electron chi connectivity index (χ1n) is 6.71. The van der Waals surface area contributed by atoms with E-state index in [0.717, 1.165) is 38.8 Å². The summed E-state index contributed by atoms with van der Waals surface area (Å²) in [5.41, 5.74) is -0.136. The molecule has 0 bridgehead atoms. The molecule has 1 saturated heterocycles. The normalized spacial score (nSPS) is 23.3. The van der Waals surface area contributed by atoms with Gasteiger partial charge in [-0.1, -0.05) is 0 Å². The molecular weight excluding hydrogens is 228 g/mol. The van der Waals surface area contributed by atoms with Gasteiger partial charge in [-0.15, -0.1) is 0 Å². The van der Waals surface area contributed by atoms with Crippen molar-refractivity contribution in [1.29, 1.82) is 5.26 Å². The number of carbonyl (C=O) groups is 1. The number of carbonyl (C=O) groups excluding carboxylic acids is 1. The van der Waals surface area contributed by atoms with Crippen molar-refractivity contribution < 1.29 is 9.53 Å². The number of nitriles is 1. The summed E-state index contributed by atoms with van der Waals surface area (Å²) in [6.07, 6.45) is 3.92. The average molecular weight is 250 g/mol. The Balaban J connectivity index is 1.80. The minimum atomic E-state index is -0.418. The Hall–Kier alpha value is -1.24. The molecular formula is C14H22N2O2. The van der Waals surface area contributed by atoms with Crippen LogP contribution in [0, 0.1) is 22.7 Å². The molecule has 0 unspecified atom stereocenters. The van der Waals surface area contributed by atoms with Crippen LogP contribution in [0.15, 0.2) is 0 Å². The zero-order valence-corrected chi connectivity index (χ0v) is 11.5. The van der Waals surface area contributed by atoms with Gasteiger partial charge in [-0.2, -0.15) is 5.26 Å². The number of ether oxygens (including phenoxy) is 1. The topological polar surface area (TPSA) is 53.3 Å². The summed E-state index contributed by atoms with van der Waals surface area (Å²) in [4.78, 5) is 13.6. The Morgan fingerprint density at radius 1 is 1.33 bits per heavy atom. The summed E-state index contributed by atoms with van der Waals surface area (Å²) < 4.78 is 5.35. The highest BCUT2D eigenvalue weighted by molar-refractivity contribution is 5.69. The maximum absolute atomic E-state index is 11.8. The second kappa shape index (κ2) is 4.46. The summed E-state index contributed by atoms with van der Waals surface area (Å²) in [5.74, 6) is 0.228. The summed E-state index contributed by atoms with van der Waals surface area (Å²) in [5, 5.41) is 8.89. The number of nitrogens with zero attached hydrogens (tertiary/aromatic N) is 2. The smallest absolute Gasteiger partial charge is 0.410 e. The van der Waals surface area contributed by atoms with Crippen LogP contribution in [0.1, 0.15) is 46.5 Å². The minimum Gasteiger partial charge on any atom is -0.444 e. The van der Waals surface area contributed by atoms with Gasteiger partial charge in [0.05, 0.1) is 6.07 Å². The van der Waals surface area contributed by atoms with Gasteiger partial charge in [0.1, 0.15) is 5.60 Å². The molecule has 1 aliphatic heterocycles. The molecule has 2 rings (SSSR count). The highest BCUT2D eigenvalue weighted by atomic mass is 16.6. The highest BCUT2D eigenvalue weighted by Gasteiger charge is 2.47. The van der Waals surface area contributed by atoms with Crippen LogP contribution >= 0.6 is 0 Å². The molecule has 0 aromatic rings. The molecule has 1 amide bonds. The van der Waals surface area contributed by atoms with E-state index in [-0.39, 0.29) is 17.4 Å². The lowest BCUT2D eigenvalue weighted by Gasteiger charge is -2.52. The number of hydrogen-bond acceptors (Lipinski definition) is 3. The van der Waals surface area contributed by atoms with Crippen LogP contribution in [0.4, 0.5) is 4.79 Å². The highest BCUT2D eigenvalue weighted by Crippen LogP contribution is 2.45. The zero-order valence-electron chi connectivity index (χ0n) is 11.5. The van der Waals surface area contributed by atoms with Crippen molar-refractivity contribution in [2.75, 3.05) is 13.1 Å². The predicted molar refractivity (Wildman–Crippen MR) is 67.8 cm³/mol. The molecule has 4 heteroatoms. The van der Waals surface area contributed by atoms with Gasteiger partial charge in [-0.05, 0) is 46.5 Å². The van der Waals surface area contributed by atoms with E-state index in [1.165, 1.54) is 0 Å². The van der Waals surface area contributed by atoms with Crippen molar-refractivity contribution in [3.63, 3.8) is 0 Å². The number of amides is 1. The van der Waals surface area contributed by atoms with E-state index in [2.05, 4.69) is 6.07 Å². The van der Waals surface area contributed by atoms with Crippen LogP contribution in [-0.2, 0) is 4.74 Å². The Morgan fingerprint density at radius 3 is 2.33 bits per heavy atom. The van der Waals surface area contributed by atoms with Crippen LogP contribution in [0.5, 0.6) is 0 Å². The minimum absolute atomic E-state index is 0.199. The molecule has 4 nitrogen and oxygen atoms in total. The van der Waals surface area contributed by atoms with Crippen molar-refractivity contribution in [1.82, 2.24) is 4.90 Å². The molecule has 2 fully saturated rings. The fourth-order valence-electron chi connectivity index (χ4n) is 2.89. The second-order valence-corrected chi connectivity index (χ2v) is 6.74. The van der Waals surface area contributed by atoms with Gasteiger partial charge in [-0.3, -0.25) is 0 Å². The fourth-order valence-corrected chi connectivity index (χ4v) is 2.89. The Kier molecular flexibility index (Phi) is 3.27. The SMILES string of the molecule is CC(C)(C)OC(=O)N1CC2(CCC(C#N)CC2)C1. The maximum atomic E-state index is 11.8. The molecule has 18 heavy (non-hydrogen) atoms. The summed E-state index contributed by atoms with van der Waals surface area (Å²) in [7, 11) is 0. The van der Waals surface area contributed by atoms with E-state index >= 15 is 0 Å². The first-order valence-corrected chi connectivity index (χ1v) is 6.71. The Bertz CT molecular complexity index is 362. The number of likely N-dealkylation sites (tertiary alicyclic amines) is 1. The van der Waals surface area contributed by atoms with Crippen molar-refractivity contribution in [2.45, 2.75) is 52.1 Å². The summed E-state index contributed by atoms with van der Waals surface area (Å²) in [6.45, 7) is 7.27. The third kappa shape index (κ3) is 2.77. The summed E-state index contributed by atoms with van der Waals surface area (Å²) >= 11 is 0. The van der Waals surface area contributed by atoms with Crippen molar-refractivity contribution >= 4 is 6.09 Å². The molecule has 2 aliphatic rings. The Morgan fingerprint density at radius 2 is 1.89 bits per heavy atom. The second-order valence-electron chi connectivity index (χ2n) is 6.74. The van der Waals surface area contributed by atoms with E-state index in [9.17, 15) is 4.79 Å². The lowest BCUT2D eigenvalue weighted by atomic mass is 9.66. The molecule has 0 atom stereocenters.